The van der Waals surface area contributed by atoms with Gasteiger partial charge in [-0.1, -0.05) is 30.3 Å². The van der Waals surface area contributed by atoms with Gasteiger partial charge in [-0.05, 0) is 18.4 Å². The molecule has 2 saturated heterocycles. The van der Waals surface area contributed by atoms with Gasteiger partial charge in [-0.3, -0.25) is 4.90 Å². The maximum absolute atomic E-state index is 9.67. The number of aliphatic hydroxyl groups is 1. The smallest absolute Gasteiger partial charge is 0.0682 e. The molecule has 0 saturated carbocycles. The molecule has 3 atom stereocenters. The Labute approximate surface area is 102 Å². The van der Waals surface area contributed by atoms with Gasteiger partial charge < -0.3 is 10.4 Å². The van der Waals surface area contributed by atoms with Crippen molar-refractivity contribution in [1.82, 2.24) is 10.2 Å². The molecule has 3 rings (SSSR count). The fraction of sp³-hybridized carbons (Fsp3) is 0.571. The summed E-state index contributed by atoms with van der Waals surface area (Å²) in [5.41, 5.74) is 1.39. The maximum Gasteiger partial charge on any atom is 0.0682 e. The average Bonchev–Trinajstić information content (AvgIpc) is 2.70. The molecule has 1 aromatic carbocycles. The molecule has 0 spiro atoms. The standard InChI is InChI=1S/C14H20N2O/c17-14-7-13-8-15-12(9-16(13)10-14)6-11-4-2-1-3-5-11/h1-5,12-15,17H,6-10H2/t12-,13-,14+/m0/s1. The Kier molecular flexibility index (Phi) is 3.14. The normalized spacial score (nSPS) is 33.6. The largest absolute Gasteiger partial charge is 0.392 e. The van der Waals surface area contributed by atoms with Gasteiger partial charge >= 0.3 is 0 Å². The molecule has 0 aromatic heterocycles. The van der Waals surface area contributed by atoms with E-state index < -0.39 is 0 Å². The van der Waals surface area contributed by atoms with E-state index in [2.05, 4.69) is 40.5 Å². The molecule has 1 aromatic rings. The summed E-state index contributed by atoms with van der Waals surface area (Å²) in [6.45, 7) is 2.95. The van der Waals surface area contributed by atoms with Gasteiger partial charge in [0, 0.05) is 31.7 Å². The van der Waals surface area contributed by atoms with E-state index in [1.807, 2.05) is 0 Å². The highest BCUT2D eigenvalue weighted by atomic mass is 16.3. The number of rotatable bonds is 2. The minimum atomic E-state index is -0.114. The first-order valence-corrected chi connectivity index (χ1v) is 6.50. The quantitative estimate of drug-likeness (QED) is 0.785. The van der Waals surface area contributed by atoms with Crippen molar-refractivity contribution in [2.75, 3.05) is 19.6 Å². The molecule has 3 nitrogen and oxygen atoms in total. The van der Waals surface area contributed by atoms with Crippen LogP contribution in [0.2, 0.25) is 0 Å². The van der Waals surface area contributed by atoms with Crippen LogP contribution in [0.1, 0.15) is 12.0 Å². The summed E-state index contributed by atoms with van der Waals surface area (Å²) in [5.74, 6) is 0. The minimum absolute atomic E-state index is 0.114. The Hall–Kier alpha value is -0.900. The van der Waals surface area contributed by atoms with Crippen molar-refractivity contribution in [1.29, 1.82) is 0 Å². The zero-order valence-electron chi connectivity index (χ0n) is 10.0. The van der Waals surface area contributed by atoms with Crippen molar-refractivity contribution in [2.45, 2.75) is 31.0 Å². The third-order valence-electron chi connectivity index (χ3n) is 3.93. The topological polar surface area (TPSA) is 35.5 Å². The van der Waals surface area contributed by atoms with Crippen LogP contribution in [0.15, 0.2) is 30.3 Å². The predicted octanol–water partition coefficient (Wildman–Crippen LogP) is 0.636. The second-order valence-corrected chi connectivity index (χ2v) is 5.29. The fourth-order valence-electron chi connectivity index (χ4n) is 3.08. The number of nitrogens with one attached hydrogen (secondary N) is 1. The Morgan fingerprint density at radius 1 is 1.24 bits per heavy atom. The third-order valence-corrected chi connectivity index (χ3v) is 3.93. The van der Waals surface area contributed by atoms with Gasteiger partial charge in [-0.2, -0.15) is 0 Å². The molecule has 17 heavy (non-hydrogen) atoms. The molecule has 92 valence electrons. The number of benzene rings is 1. The second kappa shape index (κ2) is 4.77. The minimum Gasteiger partial charge on any atom is -0.392 e. The molecule has 2 aliphatic rings. The van der Waals surface area contributed by atoms with E-state index in [4.69, 9.17) is 0 Å². The van der Waals surface area contributed by atoms with Crippen LogP contribution in [0.5, 0.6) is 0 Å². The third kappa shape index (κ3) is 2.51. The Balaban J connectivity index is 1.60. The lowest BCUT2D eigenvalue weighted by molar-refractivity contribution is 0.153. The SMILES string of the molecule is O[C@@H]1C[C@H]2CN[C@@H](Cc3ccccc3)CN2C1. The molecule has 2 aliphatic heterocycles. The van der Waals surface area contributed by atoms with E-state index in [0.29, 0.717) is 12.1 Å². The number of piperazine rings is 1. The van der Waals surface area contributed by atoms with Crippen LogP contribution >= 0.6 is 0 Å². The highest BCUT2D eigenvalue weighted by Crippen LogP contribution is 2.21. The van der Waals surface area contributed by atoms with Gasteiger partial charge in [0.1, 0.15) is 0 Å². The van der Waals surface area contributed by atoms with E-state index in [-0.39, 0.29) is 6.10 Å². The molecule has 0 unspecified atom stereocenters. The lowest BCUT2D eigenvalue weighted by Gasteiger charge is -2.35. The van der Waals surface area contributed by atoms with Crippen LogP contribution in [0.4, 0.5) is 0 Å². The summed E-state index contributed by atoms with van der Waals surface area (Å²) in [5, 5.41) is 13.3. The fourth-order valence-corrected chi connectivity index (χ4v) is 3.08. The molecule has 2 heterocycles. The monoisotopic (exact) mass is 232 g/mol. The zero-order chi connectivity index (χ0) is 11.7. The van der Waals surface area contributed by atoms with Crippen LogP contribution in [0, 0.1) is 0 Å². The number of fused-ring (bicyclic) bond motifs is 1. The van der Waals surface area contributed by atoms with Crippen molar-refractivity contribution in [2.24, 2.45) is 0 Å². The van der Waals surface area contributed by atoms with Crippen LogP contribution in [-0.2, 0) is 6.42 Å². The highest BCUT2D eigenvalue weighted by molar-refractivity contribution is 5.16. The van der Waals surface area contributed by atoms with Crippen molar-refractivity contribution in [3.63, 3.8) is 0 Å². The van der Waals surface area contributed by atoms with Gasteiger partial charge in [0.25, 0.3) is 0 Å². The summed E-state index contributed by atoms with van der Waals surface area (Å²) in [4.78, 5) is 2.44. The highest BCUT2D eigenvalue weighted by Gasteiger charge is 2.35. The molecular weight excluding hydrogens is 212 g/mol. The van der Waals surface area contributed by atoms with E-state index in [1.165, 1.54) is 5.56 Å². The Morgan fingerprint density at radius 3 is 2.88 bits per heavy atom. The first-order valence-electron chi connectivity index (χ1n) is 6.50. The van der Waals surface area contributed by atoms with E-state index in [0.717, 1.165) is 32.5 Å². The maximum atomic E-state index is 9.67. The molecule has 3 heteroatoms. The summed E-state index contributed by atoms with van der Waals surface area (Å²) in [6, 6.07) is 11.7. The van der Waals surface area contributed by atoms with Gasteiger partial charge in [0.2, 0.25) is 0 Å². The summed E-state index contributed by atoms with van der Waals surface area (Å²) >= 11 is 0. The van der Waals surface area contributed by atoms with E-state index in [1.54, 1.807) is 0 Å². The molecule has 0 radical (unpaired) electrons. The summed E-state index contributed by atoms with van der Waals surface area (Å²) in [6.07, 6.45) is 1.91. The van der Waals surface area contributed by atoms with Crippen LogP contribution < -0.4 is 5.32 Å². The molecule has 0 amide bonds. The number of aliphatic hydroxyl groups excluding tert-OH is 1. The number of hydrogen-bond acceptors (Lipinski definition) is 3. The molecule has 2 fully saturated rings. The van der Waals surface area contributed by atoms with Crippen LogP contribution in [0.3, 0.4) is 0 Å². The van der Waals surface area contributed by atoms with E-state index in [9.17, 15) is 5.11 Å². The number of nitrogens with zero attached hydrogens (tertiary/aromatic N) is 1. The first-order chi connectivity index (χ1) is 8.31. The molecular formula is C14H20N2O. The summed E-state index contributed by atoms with van der Waals surface area (Å²) < 4.78 is 0. The predicted molar refractivity (Wildman–Crippen MR) is 67.9 cm³/mol. The van der Waals surface area contributed by atoms with Gasteiger partial charge in [-0.15, -0.1) is 0 Å². The number of hydrogen-bond donors (Lipinski definition) is 2. The Bertz CT molecular complexity index is 368. The molecule has 2 N–H and O–H groups in total. The molecule has 0 aliphatic carbocycles. The molecule has 0 bridgehead atoms. The van der Waals surface area contributed by atoms with Crippen molar-refractivity contribution < 1.29 is 5.11 Å². The zero-order valence-corrected chi connectivity index (χ0v) is 10.0. The lowest BCUT2D eigenvalue weighted by atomic mass is 10.0. The average molecular weight is 232 g/mol. The first kappa shape index (κ1) is 11.2. The van der Waals surface area contributed by atoms with Gasteiger partial charge in [-0.25, -0.2) is 0 Å². The lowest BCUT2D eigenvalue weighted by Crippen LogP contribution is -2.54. The van der Waals surface area contributed by atoms with Crippen molar-refractivity contribution >= 4 is 0 Å². The van der Waals surface area contributed by atoms with Crippen LogP contribution in [0.25, 0.3) is 0 Å². The van der Waals surface area contributed by atoms with E-state index >= 15 is 0 Å². The van der Waals surface area contributed by atoms with Crippen LogP contribution in [-0.4, -0.2) is 47.8 Å². The van der Waals surface area contributed by atoms with Crippen molar-refractivity contribution in [3.05, 3.63) is 35.9 Å². The van der Waals surface area contributed by atoms with Crippen molar-refractivity contribution in [3.8, 4) is 0 Å². The Morgan fingerprint density at radius 2 is 2.06 bits per heavy atom. The van der Waals surface area contributed by atoms with Gasteiger partial charge in [0.15, 0.2) is 0 Å². The van der Waals surface area contributed by atoms with Gasteiger partial charge in [0.05, 0.1) is 6.10 Å². The second-order valence-electron chi connectivity index (χ2n) is 5.29. The summed E-state index contributed by atoms with van der Waals surface area (Å²) in [7, 11) is 0.